The molecule has 4 heteroatoms. The molecule has 16 heavy (non-hydrogen) atoms. The maximum absolute atomic E-state index is 4.29. The Morgan fingerprint density at radius 3 is 2.31 bits per heavy atom. The van der Waals surface area contributed by atoms with Gasteiger partial charge in [-0.05, 0) is 5.92 Å². The minimum Gasteiger partial charge on any atom is -0.317 e. The molecule has 90 valence electrons. The van der Waals surface area contributed by atoms with Gasteiger partial charge in [-0.25, -0.2) is 0 Å². The second-order valence-corrected chi connectivity index (χ2v) is 5.35. The van der Waals surface area contributed by atoms with Crippen LogP contribution in [-0.2, 0) is 18.8 Å². The molecular weight excluding hydrogens is 266 g/mol. The Labute approximate surface area is 106 Å². The molecule has 1 aliphatic rings. The van der Waals surface area contributed by atoms with E-state index in [9.17, 15) is 0 Å². The predicted molar refractivity (Wildman–Crippen MR) is 68.5 cm³/mol. The molecule has 3 nitrogen and oxygen atoms in total. The maximum Gasteiger partial charge on any atom is 0.143 e. The molecule has 1 saturated carbocycles. The highest BCUT2D eigenvalue weighted by Crippen LogP contribution is 2.25. The highest BCUT2D eigenvalue weighted by molar-refractivity contribution is 9.08. The van der Waals surface area contributed by atoms with Gasteiger partial charge in [0, 0.05) is 13.5 Å². The molecule has 0 saturated heterocycles. The average molecular weight is 286 g/mol. The monoisotopic (exact) mass is 285 g/mol. The van der Waals surface area contributed by atoms with Crippen LogP contribution in [0.4, 0.5) is 0 Å². The van der Waals surface area contributed by atoms with Gasteiger partial charge in [0.15, 0.2) is 0 Å². The topological polar surface area (TPSA) is 30.7 Å². The van der Waals surface area contributed by atoms with Crippen LogP contribution in [0.25, 0.3) is 0 Å². The van der Waals surface area contributed by atoms with Crippen molar-refractivity contribution in [3.8, 4) is 0 Å². The fourth-order valence-corrected chi connectivity index (χ4v) is 3.01. The zero-order chi connectivity index (χ0) is 11.4. The van der Waals surface area contributed by atoms with Crippen molar-refractivity contribution < 1.29 is 0 Å². The molecule has 0 unspecified atom stereocenters. The lowest BCUT2D eigenvalue weighted by atomic mass is 9.96. The number of rotatable bonds is 3. The van der Waals surface area contributed by atoms with E-state index in [-0.39, 0.29) is 0 Å². The van der Waals surface area contributed by atoms with Crippen molar-refractivity contribution in [2.75, 3.05) is 0 Å². The summed E-state index contributed by atoms with van der Waals surface area (Å²) < 4.78 is 2.14. The number of hydrogen-bond donors (Lipinski definition) is 0. The third-order valence-corrected chi connectivity index (χ3v) is 4.12. The Morgan fingerprint density at radius 2 is 1.75 bits per heavy atom. The summed E-state index contributed by atoms with van der Waals surface area (Å²) in [5.74, 6) is 3.01. The van der Waals surface area contributed by atoms with Gasteiger partial charge in [0.1, 0.15) is 11.6 Å². The third-order valence-electron chi connectivity index (χ3n) is 3.62. The van der Waals surface area contributed by atoms with Crippen molar-refractivity contribution in [3.63, 3.8) is 0 Å². The van der Waals surface area contributed by atoms with E-state index in [1.165, 1.54) is 38.5 Å². The van der Waals surface area contributed by atoms with Gasteiger partial charge in [-0.2, -0.15) is 0 Å². The summed E-state index contributed by atoms with van der Waals surface area (Å²) in [6, 6.07) is 0. The van der Waals surface area contributed by atoms with Gasteiger partial charge in [0.05, 0.1) is 5.33 Å². The first-order valence-electron chi connectivity index (χ1n) is 6.24. The molecule has 1 aromatic heterocycles. The van der Waals surface area contributed by atoms with Gasteiger partial charge in [-0.3, -0.25) is 0 Å². The SMILES string of the molecule is Cn1c(CBr)nnc1CC1CCCCCC1. The van der Waals surface area contributed by atoms with E-state index < -0.39 is 0 Å². The Hall–Kier alpha value is -0.380. The lowest BCUT2D eigenvalue weighted by Gasteiger charge is -2.12. The molecular formula is C12H20BrN3. The summed E-state index contributed by atoms with van der Waals surface area (Å²) in [6.45, 7) is 0. The summed E-state index contributed by atoms with van der Waals surface area (Å²) in [7, 11) is 2.07. The molecule has 0 bridgehead atoms. The Balaban J connectivity index is 1.99. The van der Waals surface area contributed by atoms with Crippen molar-refractivity contribution in [1.82, 2.24) is 14.8 Å². The van der Waals surface area contributed by atoms with E-state index in [0.29, 0.717) is 0 Å². The quantitative estimate of drug-likeness (QED) is 0.631. The van der Waals surface area contributed by atoms with Crippen molar-refractivity contribution in [2.24, 2.45) is 13.0 Å². The van der Waals surface area contributed by atoms with Crippen LogP contribution in [-0.4, -0.2) is 14.8 Å². The van der Waals surface area contributed by atoms with E-state index >= 15 is 0 Å². The summed E-state index contributed by atoms with van der Waals surface area (Å²) in [4.78, 5) is 0. The predicted octanol–water partition coefficient (Wildman–Crippen LogP) is 3.22. The highest BCUT2D eigenvalue weighted by Gasteiger charge is 2.16. The molecule has 2 rings (SSSR count). The standard InChI is InChI=1S/C12H20BrN3/c1-16-11(14-15-12(16)9-13)8-10-6-4-2-3-5-7-10/h10H,2-9H2,1H3. The van der Waals surface area contributed by atoms with Gasteiger partial charge in [0.2, 0.25) is 0 Å². The number of nitrogens with zero attached hydrogens (tertiary/aromatic N) is 3. The van der Waals surface area contributed by atoms with Gasteiger partial charge in [-0.1, -0.05) is 54.5 Å². The van der Waals surface area contributed by atoms with Crippen LogP contribution in [0.15, 0.2) is 0 Å². The Kier molecular flexibility index (Phi) is 4.38. The first kappa shape index (κ1) is 12.1. The number of aromatic nitrogens is 3. The molecule has 0 atom stereocenters. The highest BCUT2D eigenvalue weighted by atomic mass is 79.9. The molecule has 0 aliphatic heterocycles. The van der Waals surface area contributed by atoms with Gasteiger partial charge >= 0.3 is 0 Å². The summed E-state index contributed by atoms with van der Waals surface area (Å²) in [5, 5.41) is 9.28. The normalized spacial score (nSPS) is 18.6. The molecule has 0 radical (unpaired) electrons. The first-order valence-corrected chi connectivity index (χ1v) is 7.36. The zero-order valence-corrected chi connectivity index (χ0v) is 11.5. The second kappa shape index (κ2) is 5.80. The summed E-state index contributed by atoms with van der Waals surface area (Å²) in [6.07, 6.45) is 9.48. The number of halogens is 1. The minimum atomic E-state index is 0.793. The molecule has 1 fully saturated rings. The van der Waals surface area contributed by atoms with Crippen LogP contribution < -0.4 is 0 Å². The van der Waals surface area contributed by atoms with Gasteiger partial charge < -0.3 is 4.57 Å². The van der Waals surface area contributed by atoms with E-state index in [1.54, 1.807) is 0 Å². The molecule has 0 spiro atoms. The molecule has 1 heterocycles. The van der Waals surface area contributed by atoms with Crippen molar-refractivity contribution in [2.45, 2.75) is 50.3 Å². The van der Waals surface area contributed by atoms with Crippen LogP contribution >= 0.6 is 15.9 Å². The lowest BCUT2D eigenvalue weighted by molar-refractivity contribution is 0.442. The molecule has 0 N–H and O–H groups in total. The van der Waals surface area contributed by atoms with E-state index in [2.05, 4.69) is 37.7 Å². The third kappa shape index (κ3) is 2.84. The van der Waals surface area contributed by atoms with Crippen LogP contribution in [0, 0.1) is 5.92 Å². The van der Waals surface area contributed by atoms with Gasteiger partial charge in [-0.15, -0.1) is 10.2 Å². The number of alkyl halides is 1. The largest absolute Gasteiger partial charge is 0.317 e. The molecule has 0 aromatic carbocycles. The van der Waals surface area contributed by atoms with Crippen molar-refractivity contribution >= 4 is 15.9 Å². The average Bonchev–Trinajstić information content (AvgIpc) is 2.52. The zero-order valence-electron chi connectivity index (χ0n) is 9.95. The van der Waals surface area contributed by atoms with Crippen LogP contribution in [0.1, 0.15) is 50.2 Å². The van der Waals surface area contributed by atoms with Crippen LogP contribution in [0.2, 0.25) is 0 Å². The molecule has 0 amide bonds. The number of hydrogen-bond acceptors (Lipinski definition) is 2. The summed E-state index contributed by atoms with van der Waals surface area (Å²) in [5.41, 5.74) is 0. The van der Waals surface area contributed by atoms with Gasteiger partial charge in [0.25, 0.3) is 0 Å². The second-order valence-electron chi connectivity index (χ2n) is 4.79. The Morgan fingerprint density at radius 1 is 1.12 bits per heavy atom. The van der Waals surface area contributed by atoms with Crippen molar-refractivity contribution in [3.05, 3.63) is 11.6 Å². The van der Waals surface area contributed by atoms with E-state index in [0.717, 1.165) is 29.3 Å². The molecule has 1 aromatic rings. The fourth-order valence-electron chi connectivity index (χ4n) is 2.52. The van der Waals surface area contributed by atoms with Crippen LogP contribution in [0.3, 0.4) is 0 Å². The van der Waals surface area contributed by atoms with Crippen molar-refractivity contribution in [1.29, 1.82) is 0 Å². The van der Waals surface area contributed by atoms with E-state index in [4.69, 9.17) is 0 Å². The van der Waals surface area contributed by atoms with Crippen LogP contribution in [0.5, 0.6) is 0 Å². The first-order chi connectivity index (χ1) is 7.81. The Bertz CT molecular complexity index is 327. The van der Waals surface area contributed by atoms with E-state index in [1.807, 2.05) is 0 Å². The fraction of sp³-hybridized carbons (Fsp3) is 0.833. The maximum atomic E-state index is 4.29. The summed E-state index contributed by atoms with van der Waals surface area (Å²) >= 11 is 3.44. The lowest BCUT2D eigenvalue weighted by Crippen LogP contribution is -2.09. The minimum absolute atomic E-state index is 0.793. The molecule has 1 aliphatic carbocycles. The smallest absolute Gasteiger partial charge is 0.143 e.